The Morgan fingerprint density at radius 2 is 2.27 bits per heavy atom. The van der Waals surface area contributed by atoms with Gasteiger partial charge in [0.15, 0.2) is 0 Å². The van der Waals surface area contributed by atoms with E-state index in [0.29, 0.717) is 5.92 Å². The monoisotopic (exact) mass is 205 g/mol. The number of rotatable bonds is 4. The van der Waals surface area contributed by atoms with Gasteiger partial charge in [0.25, 0.3) is 0 Å². The SMILES string of the molecule is CCc1ccccc1NCC1CCOC1. The topological polar surface area (TPSA) is 21.3 Å². The zero-order valence-corrected chi connectivity index (χ0v) is 9.33. The Morgan fingerprint density at radius 1 is 1.40 bits per heavy atom. The van der Waals surface area contributed by atoms with Gasteiger partial charge in [0.05, 0.1) is 6.61 Å². The van der Waals surface area contributed by atoms with Crippen LogP contribution in [-0.4, -0.2) is 19.8 Å². The summed E-state index contributed by atoms with van der Waals surface area (Å²) in [6, 6.07) is 8.54. The minimum Gasteiger partial charge on any atom is -0.384 e. The molecule has 2 nitrogen and oxygen atoms in total. The molecule has 0 aliphatic carbocycles. The zero-order chi connectivity index (χ0) is 10.5. The molecular formula is C13H19NO. The average Bonchev–Trinajstić information content (AvgIpc) is 2.79. The maximum atomic E-state index is 5.36. The Hall–Kier alpha value is -1.02. The van der Waals surface area contributed by atoms with Gasteiger partial charge < -0.3 is 10.1 Å². The van der Waals surface area contributed by atoms with Crippen LogP contribution in [0.1, 0.15) is 18.9 Å². The lowest BCUT2D eigenvalue weighted by Crippen LogP contribution is -2.14. The first-order valence-electron chi connectivity index (χ1n) is 5.79. The molecule has 1 aromatic carbocycles. The van der Waals surface area contributed by atoms with Gasteiger partial charge in [-0.25, -0.2) is 0 Å². The van der Waals surface area contributed by atoms with Crippen molar-refractivity contribution in [1.82, 2.24) is 0 Å². The molecule has 0 aromatic heterocycles. The van der Waals surface area contributed by atoms with Crippen molar-refractivity contribution in [3.63, 3.8) is 0 Å². The van der Waals surface area contributed by atoms with Gasteiger partial charge in [-0.3, -0.25) is 0 Å². The van der Waals surface area contributed by atoms with Gasteiger partial charge in [0.2, 0.25) is 0 Å². The highest BCUT2D eigenvalue weighted by Crippen LogP contribution is 2.18. The van der Waals surface area contributed by atoms with Crippen LogP contribution in [0.5, 0.6) is 0 Å². The number of ether oxygens (including phenoxy) is 1. The van der Waals surface area contributed by atoms with Crippen LogP contribution in [0.25, 0.3) is 0 Å². The largest absolute Gasteiger partial charge is 0.384 e. The lowest BCUT2D eigenvalue weighted by atomic mass is 10.1. The molecule has 1 aromatic rings. The first-order chi connectivity index (χ1) is 7.40. The Labute approximate surface area is 91.6 Å². The molecule has 1 N–H and O–H groups in total. The summed E-state index contributed by atoms with van der Waals surface area (Å²) in [5, 5.41) is 3.53. The number of hydrogen-bond donors (Lipinski definition) is 1. The normalized spacial score (nSPS) is 20.5. The second-order valence-corrected chi connectivity index (χ2v) is 4.12. The van der Waals surface area contributed by atoms with Crippen LogP contribution < -0.4 is 5.32 Å². The minimum atomic E-state index is 0.690. The highest BCUT2D eigenvalue weighted by molar-refractivity contribution is 5.51. The fourth-order valence-corrected chi connectivity index (χ4v) is 2.00. The molecule has 0 radical (unpaired) electrons. The highest BCUT2D eigenvalue weighted by atomic mass is 16.5. The van der Waals surface area contributed by atoms with Crippen molar-refractivity contribution in [3.05, 3.63) is 29.8 Å². The van der Waals surface area contributed by atoms with Crippen molar-refractivity contribution in [2.24, 2.45) is 5.92 Å². The quantitative estimate of drug-likeness (QED) is 0.816. The minimum absolute atomic E-state index is 0.690. The summed E-state index contributed by atoms with van der Waals surface area (Å²) < 4.78 is 5.36. The van der Waals surface area contributed by atoms with Gasteiger partial charge in [-0.15, -0.1) is 0 Å². The van der Waals surface area contributed by atoms with Crippen LogP contribution in [0.4, 0.5) is 5.69 Å². The van der Waals surface area contributed by atoms with E-state index in [0.717, 1.165) is 26.2 Å². The second-order valence-electron chi connectivity index (χ2n) is 4.12. The van der Waals surface area contributed by atoms with Crippen molar-refractivity contribution in [1.29, 1.82) is 0 Å². The van der Waals surface area contributed by atoms with E-state index in [-0.39, 0.29) is 0 Å². The molecule has 0 saturated carbocycles. The zero-order valence-electron chi connectivity index (χ0n) is 9.33. The predicted molar refractivity (Wildman–Crippen MR) is 63.2 cm³/mol. The number of hydrogen-bond acceptors (Lipinski definition) is 2. The van der Waals surface area contributed by atoms with E-state index >= 15 is 0 Å². The standard InChI is InChI=1S/C13H19NO/c1-2-12-5-3-4-6-13(12)14-9-11-7-8-15-10-11/h3-6,11,14H,2,7-10H2,1H3. The summed E-state index contributed by atoms with van der Waals surface area (Å²) in [5.41, 5.74) is 2.68. The summed E-state index contributed by atoms with van der Waals surface area (Å²) >= 11 is 0. The third kappa shape index (κ3) is 2.72. The molecule has 2 heteroatoms. The van der Waals surface area contributed by atoms with Gasteiger partial charge >= 0.3 is 0 Å². The van der Waals surface area contributed by atoms with Crippen LogP contribution in [-0.2, 0) is 11.2 Å². The van der Waals surface area contributed by atoms with Crippen LogP contribution in [0.2, 0.25) is 0 Å². The molecule has 1 saturated heterocycles. The van der Waals surface area contributed by atoms with Crippen LogP contribution >= 0.6 is 0 Å². The van der Waals surface area contributed by atoms with Crippen molar-refractivity contribution < 1.29 is 4.74 Å². The number of nitrogens with one attached hydrogen (secondary N) is 1. The number of benzene rings is 1. The molecule has 15 heavy (non-hydrogen) atoms. The first kappa shape index (κ1) is 10.5. The van der Waals surface area contributed by atoms with E-state index in [1.807, 2.05) is 0 Å². The van der Waals surface area contributed by atoms with Gasteiger partial charge in [-0.1, -0.05) is 25.1 Å². The fraction of sp³-hybridized carbons (Fsp3) is 0.538. The molecule has 0 spiro atoms. The molecule has 1 atom stereocenters. The smallest absolute Gasteiger partial charge is 0.0511 e. The Morgan fingerprint density at radius 3 is 3.00 bits per heavy atom. The van der Waals surface area contributed by atoms with E-state index in [9.17, 15) is 0 Å². The van der Waals surface area contributed by atoms with Crippen molar-refractivity contribution in [2.45, 2.75) is 19.8 Å². The number of para-hydroxylation sites is 1. The third-order valence-corrected chi connectivity index (χ3v) is 3.00. The van der Waals surface area contributed by atoms with Gasteiger partial charge in [0.1, 0.15) is 0 Å². The Balaban J connectivity index is 1.91. The van der Waals surface area contributed by atoms with Gasteiger partial charge in [0, 0.05) is 24.8 Å². The average molecular weight is 205 g/mol. The first-order valence-corrected chi connectivity index (χ1v) is 5.79. The van der Waals surface area contributed by atoms with Crippen molar-refractivity contribution in [3.8, 4) is 0 Å². The summed E-state index contributed by atoms with van der Waals surface area (Å²) in [5.74, 6) is 0.690. The van der Waals surface area contributed by atoms with Crippen LogP contribution in [0, 0.1) is 5.92 Å². The molecule has 82 valence electrons. The molecular weight excluding hydrogens is 186 g/mol. The molecule has 0 amide bonds. The Kier molecular flexibility index (Phi) is 3.62. The summed E-state index contributed by atoms with van der Waals surface area (Å²) in [6.07, 6.45) is 2.28. The number of aryl methyl sites for hydroxylation is 1. The van der Waals surface area contributed by atoms with Crippen LogP contribution in [0.15, 0.2) is 24.3 Å². The predicted octanol–water partition coefficient (Wildman–Crippen LogP) is 2.70. The fourth-order valence-electron chi connectivity index (χ4n) is 2.00. The maximum Gasteiger partial charge on any atom is 0.0511 e. The molecule has 2 rings (SSSR count). The number of anilines is 1. The maximum absolute atomic E-state index is 5.36. The highest BCUT2D eigenvalue weighted by Gasteiger charge is 2.15. The lowest BCUT2D eigenvalue weighted by Gasteiger charge is -2.13. The molecule has 0 bridgehead atoms. The third-order valence-electron chi connectivity index (χ3n) is 3.00. The van der Waals surface area contributed by atoms with Crippen LogP contribution in [0.3, 0.4) is 0 Å². The summed E-state index contributed by atoms with van der Waals surface area (Å²) in [7, 11) is 0. The van der Waals surface area contributed by atoms with Gasteiger partial charge in [-0.05, 0) is 24.5 Å². The van der Waals surface area contributed by atoms with Gasteiger partial charge in [-0.2, -0.15) is 0 Å². The Bertz CT molecular complexity index is 305. The second kappa shape index (κ2) is 5.17. The summed E-state index contributed by atoms with van der Waals surface area (Å²) in [4.78, 5) is 0. The molecule has 1 heterocycles. The lowest BCUT2D eigenvalue weighted by molar-refractivity contribution is 0.187. The van der Waals surface area contributed by atoms with E-state index in [1.54, 1.807) is 0 Å². The molecule has 1 aliphatic heterocycles. The van der Waals surface area contributed by atoms with E-state index in [2.05, 4.69) is 36.5 Å². The van der Waals surface area contributed by atoms with Crippen molar-refractivity contribution >= 4 is 5.69 Å². The summed E-state index contributed by atoms with van der Waals surface area (Å²) in [6.45, 7) is 5.08. The van der Waals surface area contributed by atoms with Crippen molar-refractivity contribution in [2.75, 3.05) is 25.1 Å². The van der Waals surface area contributed by atoms with E-state index in [4.69, 9.17) is 4.74 Å². The van der Waals surface area contributed by atoms with E-state index in [1.165, 1.54) is 17.7 Å². The van der Waals surface area contributed by atoms with E-state index < -0.39 is 0 Å². The molecule has 1 aliphatic rings. The molecule has 1 unspecified atom stereocenters. The molecule has 1 fully saturated rings.